The number of aromatic nitrogens is 2. The Labute approximate surface area is 177 Å². The fraction of sp³-hybridized carbons (Fsp3) is 0.174. The van der Waals surface area contributed by atoms with Crippen LogP contribution in [0, 0.1) is 27.7 Å². The molecule has 158 valence electrons. The number of aromatic carboxylic acids is 1. The first-order chi connectivity index (χ1) is 14.5. The highest BCUT2D eigenvalue weighted by molar-refractivity contribution is 6.30. The van der Waals surface area contributed by atoms with E-state index in [9.17, 15) is 24.6 Å². The van der Waals surface area contributed by atoms with Crippen molar-refractivity contribution in [2.75, 3.05) is 0 Å². The Morgan fingerprint density at radius 1 is 0.742 bits per heavy atom. The Hall–Kier alpha value is -4.07. The van der Waals surface area contributed by atoms with E-state index in [0.717, 1.165) is 34.9 Å². The Morgan fingerprint density at radius 3 is 1.77 bits per heavy atom. The third-order valence-corrected chi connectivity index (χ3v) is 5.07. The summed E-state index contributed by atoms with van der Waals surface area (Å²) in [5, 5.41) is 28.6. The number of aromatic hydroxyl groups is 2. The number of aryl methyl sites for hydroxylation is 4. The van der Waals surface area contributed by atoms with Gasteiger partial charge in [0, 0.05) is 11.1 Å². The van der Waals surface area contributed by atoms with Crippen LogP contribution in [0.25, 0.3) is 0 Å². The zero-order chi connectivity index (χ0) is 23.0. The van der Waals surface area contributed by atoms with E-state index >= 15 is 0 Å². The van der Waals surface area contributed by atoms with E-state index in [4.69, 9.17) is 5.11 Å². The van der Waals surface area contributed by atoms with Gasteiger partial charge in [0.1, 0.15) is 11.5 Å². The minimum Gasteiger partial charge on any atom is -0.507 e. The molecule has 0 amide bonds. The molecule has 1 heterocycles. The summed E-state index contributed by atoms with van der Waals surface area (Å²) in [5.74, 6) is -3.62. The number of carbonyl (C=O) groups is 3. The fourth-order valence-electron chi connectivity index (χ4n) is 3.23. The number of benzene rings is 2. The Bertz CT molecular complexity index is 1210. The van der Waals surface area contributed by atoms with Crippen molar-refractivity contribution < 1.29 is 29.7 Å². The van der Waals surface area contributed by atoms with Crippen molar-refractivity contribution in [3.8, 4) is 11.5 Å². The number of phenols is 2. The van der Waals surface area contributed by atoms with Gasteiger partial charge in [0.25, 0.3) is 0 Å². The van der Waals surface area contributed by atoms with E-state index in [1.165, 1.54) is 18.2 Å². The van der Waals surface area contributed by atoms with Crippen LogP contribution in [0.5, 0.6) is 11.5 Å². The summed E-state index contributed by atoms with van der Waals surface area (Å²) in [6.07, 6.45) is 0. The number of ketones is 2. The Balaban J connectivity index is 0.000000229. The Kier molecular flexibility index (Phi) is 5.57. The van der Waals surface area contributed by atoms with Gasteiger partial charge >= 0.3 is 5.97 Å². The Morgan fingerprint density at radius 2 is 1.26 bits per heavy atom. The van der Waals surface area contributed by atoms with Crippen LogP contribution < -0.4 is 0 Å². The minimum atomic E-state index is -1.32. The zero-order valence-corrected chi connectivity index (χ0v) is 17.3. The lowest BCUT2D eigenvalue weighted by atomic mass is 9.82. The van der Waals surface area contributed by atoms with Gasteiger partial charge in [0.05, 0.1) is 39.5 Å². The van der Waals surface area contributed by atoms with Gasteiger partial charge in [-0.15, -0.1) is 0 Å². The number of phenolic OH excluding ortho intramolecular Hbond substituents is 2. The van der Waals surface area contributed by atoms with E-state index in [1.807, 2.05) is 27.7 Å². The van der Waals surface area contributed by atoms with E-state index in [2.05, 4.69) is 9.97 Å². The van der Waals surface area contributed by atoms with Crippen molar-refractivity contribution in [1.29, 1.82) is 0 Å². The molecule has 31 heavy (non-hydrogen) atoms. The van der Waals surface area contributed by atoms with Crippen LogP contribution in [0.15, 0.2) is 30.3 Å². The first kappa shape index (κ1) is 21.6. The third-order valence-electron chi connectivity index (χ3n) is 5.07. The van der Waals surface area contributed by atoms with E-state index < -0.39 is 23.3 Å². The zero-order valence-electron chi connectivity index (χ0n) is 17.3. The largest absolute Gasteiger partial charge is 0.507 e. The topological polar surface area (TPSA) is 138 Å². The maximum Gasteiger partial charge on any atom is 0.335 e. The molecule has 1 aromatic heterocycles. The normalized spacial score (nSPS) is 11.9. The smallest absolute Gasteiger partial charge is 0.335 e. The highest BCUT2D eigenvalue weighted by Gasteiger charge is 2.34. The molecular formula is C23H20N2O6. The number of hydrogen-bond donors (Lipinski definition) is 3. The molecule has 1 aliphatic carbocycles. The number of carboxylic acids is 1. The molecule has 0 saturated carbocycles. The molecule has 0 aliphatic heterocycles. The summed E-state index contributed by atoms with van der Waals surface area (Å²) in [7, 11) is 0. The predicted octanol–water partition coefficient (Wildman–Crippen LogP) is 3.28. The van der Waals surface area contributed by atoms with Crippen molar-refractivity contribution in [2.24, 2.45) is 0 Å². The molecule has 0 spiro atoms. The van der Waals surface area contributed by atoms with Crippen LogP contribution in [-0.4, -0.2) is 42.8 Å². The van der Waals surface area contributed by atoms with Gasteiger partial charge in [-0.2, -0.15) is 0 Å². The van der Waals surface area contributed by atoms with Crippen LogP contribution in [0.1, 0.15) is 65.0 Å². The van der Waals surface area contributed by atoms with Crippen molar-refractivity contribution >= 4 is 17.5 Å². The van der Waals surface area contributed by atoms with Crippen molar-refractivity contribution in [2.45, 2.75) is 27.7 Å². The summed E-state index contributed by atoms with van der Waals surface area (Å²) in [6, 6.07) is 5.98. The number of hydrogen-bond acceptors (Lipinski definition) is 7. The monoisotopic (exact) mass is 420 g/mol. The molecule has 2 aromatic carbocycles. The molecule has 0 saturated heterocycles. The van der Waals surface area contributed by atoms with Gasteiger partial charge in [-0.05, 0) is 45.9 Å². The number of rotatable bonds is 1. The molecule has 8 heteroatoms. The van der Waals surface area contributed by atoms with Gasteiger partial charge in [-0.25, -0.2) is 4.79 Å². The highest BCUT2D eigenvalue weighted by atomic mass is 16.4. The second-order valence-electron chi connectivity index (χ2n) is 7.15. The lowest BCUT2D eigenvalue weighted by Crippen LogP contribution is -2.22. The van der Waals surface area contributed by atoms with Gasteiger partial charge in [-0.1, -0.05) is 12.1 Å². The molecule has 0 bridgehead atoms. The number of carbonyl (C=O) groups excluding carboxylic acids is 2. The van der Waals surface area contributed by atoms with Crippen molar-refractivity contribution in [3.63, 3.8) is 0 Å². The first-order valence-corrected chi connectivity index (χ1v) is 9.33. The molecule has 8 nitrogen and oxygen atoms in total. The standard InChI is InChI=1S/C15H8O6.C8H12N2/c16-9-3-1-2-7-11(9)14(19)12-8(13(7)18)4-6(15(20)21)5-10(12)17;1-5-6(2)10-8(4)7(3)9-5/h1-5,16-17H,(H,20,21);1-4H3. The molecule has 0 fully saturated rings. The fourth-order valence-corrected chi connectivity index (χ4v) is 3.23. The molecule has 1 aliphatic rings. The SMILES string of the molecule is Cc1nc(C)c(C)nc1C.O=C(O)c1cc(O)c2c(c1)C(=O)c1cccc(O)c1C2=O. The van der Waals surface area contributed by atoms with Crippen molar-refractivity contribution in [3.05, 3.63) is 80.9 Å². The van der Waals surface area contributed by atoms with Crippen LogP contribution >= 0.6 is 0 Å². The average Bonchev–Trinajstić information content (AvgIpc) is 2.70. The molecule has 3 aromatic rings. The van der Waals surface area contributed by atoms with Crippen LogP contribution in [0.4, 0.5) is 0 Å². The van der Waals surface area contributed by atoms with Gasteiger partial charge in [0.2, 0.25) is 5.78 Å². The summed E-state index contributed by atoms with van der Waals surface area (Å²) in [5.41, 5.74) is 3.14. The number of nitrogens with zero attached hydrogens (tertiary/aromatic N) is 2. The molecular weight excluding hydrogens is 400 g/mol. The van der Waals surface area contributed by atoms with Crippen LogP contribution in [-0.2, 0) is 0 Å². The molecule has 0 radical (unpaired) electrons. The van der Waals surface area contributed by atoms with E-state index in [1.54, 1.807) is 0 Å². The number of carboxylic acid groups (broad SMARTS) is 1. The molecule has 0 unspecified atom stereocenters. The van der Waals surface area contributed by atoms with Gasteiger partial charge in [-0.3, -0.25) is 19.6 Å². The summed E-state index contributed by atoms with van der Waals surface area (Å²) in [6.45, 7) is 7.92. The summed E-state index contributed by atoms with van der Waals surface area (Å²) in [4.78, 5) is 44.3. The summed E-state index contributed by atoms with van der Waals surface area (Å²) < 4.78 is 0. The van der Waals surface area contributed by atoms with E-state index in [0.29, 0.717) is 0 Å². The van der Waals surface area contributed by atoms with Gasteiger partial charge in [0.15, 0.2) is 5.78 Å². The highest BCUT2D eigenvalue weighted by Crippen LogP contribution is 2.37. The van der Waals surface area contributed by atoms with Crippen LogP contribution in [0.2, 0.25) is 0 Å². The molecule has 4 rings (SSSR count). The minimum absolute atomic E-state index is 0.0190. The average molecular weight is 420 g/mol. The maximum absolute atomic E-state index is 12.4. The van der Waals surface area contributed by atoms with Crippen molar-refractivity contribution in [1.82, 2.24) is 9.97 Å². The van der Waals surface area contributed by atoms with Gasteiger partial charge < -0.3 is 15.3 Å². The number of fused-ring (bicyclic) bond motifs is 2. The molecule has 0 atom stereocenters. The molecule has 3 N–H and O–H groups in total. The quantitative estimate of drug-likeness (QED) is 0.426. The first-order valence-electron chi connectivity index (χ1n) is 9.33. The second kappa shape index (κ2) is 7.98. The predicted molar refractivity (Wildman–Crippen MR) is 111 cm³/mol. The van der Waals surface area contributed by atoms with Crippen LogP contribution in [0.3, 0.4) is 0 Å². The lowest BCUT2D eigenvalue weighted by molar-refractivity contribution is 0.0695. The second-order valence-corrected chi connectivity index (χ2v) is 7.15. The summed E-state index contributed by atoms with van der Waals surface area (Å²) >= 11 is 0. The lowest BCUT2D eigenvalue weighted by Gasteiger charge is -2.19. The van der Waals surface area contributed by atoms with E-state index in [-0.39, 0.29) is 33.6 Å². The third kappa shape index (κ3) is 3.87. The maximum atomic E-state index is 12.4.